The van der Waals surface area contributed by atoms with Crippen molar-refractivity contribution < 1.29 is 14.2 Å². The number of aryl methyl sites for hydroxylation is 1. The van der Waals surface area contributed by atoms with Gasteiger partial charge in [-0.25, -0.2) is 0 Å². The van der Waals surface area contributed by atoms with Crippen molar-refractivity contribution in [1.29, 1.82) is 0 Å². The van der Waals surface area contributed by atoms with Crippen LogP contribution in [0.3, 0.4) is 0 Å². The molecule has 0 aliphatic carbocycles. The molecular weight excluding hydrogens is 378 g/mol. The summed E-state index contributed by atoms with van der Waals surface area (Å²) in [7, 11) is 1.64. The molecule has 1 aromatic heterocycles. The fraction of sp³-hybridized carbons (Fsp3) is 0.640. The molecule has 0 bridgehead atoms. The van der Waals surface area contributed by atoms with Gasteiger partial charge < -0.3 is 18.8 Å². The van der Waals surface area contributed by atoms with Crippen LogP contribution in [-0.4, -0.2) is 24.4 Å². The highest BCUT2D eigenvalue weighted by molar-refractivity contribution is 5.89. The Labute approximate surface area is 181 Å². The first-order chi connectivity index (χ1) is 14.5. The van der Waals surface area contributed by atoms with E-state index in [2.05, 4.69) is 13.8 Å². The van der Waals surface area contributed by atoms with Gasteiger partial charge in [0.1, 0.15) is 5.75 Å². The molecule has 0 atom stereocenters. The number of methoxy groups -OCH3 is 1. The predicted molar refractivity (Wildman–Crippen MR) is 124 cm³/mol. The van der Waals surface area contributed by atoms with Gasteiger partial charge in [0, 0.05) is 18.0 Å². The molecule has 0 spiro atoms. The van der Waals surface area contributed by atoms with E-state index < -0.39 is 0 Å². The Balaban J connectivity index is 2.39. The summed E-state index contributed by atoms with van der Waals surface area (Å²) < 4.78 is 19.4. The normalized spacial score (nSPS) is 11.3. The fourth-order valence-corrected chi connectivity index (χ4v) is 3.58. The van der Waals surface area contributed by atoms with Crippen LogP contribution in [0.2, 0.25) is 0 Å². The Morgan fingerprint density at radius 2 is 1.63 bits per heavy atom. The molecule has 0 fully saturated rings. The maximum absolute atomic E-state index is 13.4. The minimum absolute atomic E-state index is 0.0578. The summed E-state index contributed by atoms with van der Waals surface area (Å²) in [5.41, 5.74) is 0.709. The maximum Gasteiger partial charge on any atom is 0.297 e. The van der Waals surface area contributed by atoms with Gasteiger partial charge in [0.25, 0.3) is 5.56 Å². The highest BCUT2D eigenvalue weighted by atomic mass is 16.5. The number of benzene rings is 1. The first-order valence-corrected chi connectivity index (χ1v) is 11.6. The highest BCUT2D eigenvalue weighted by Crippen LogP contribution is 2.35. The summed E-state index contributed by atoms with van der Waals surface area (Å²) in [6, 6.07) is 5.78. The molecular formula is C25H39NO4. The molecule has 0 amide bonds. The molecule has 30 heavy (non-hydrogen) atoms. The molecule has 5 nitrogen and oxygen atoms in total. The van der Waals surface area contributed by atoms with Crippen LogP contribution in [0.1, 0.15) is 79.1 Å². The summed E-state index contributed by atoms with van der Waals surface area (Å²) in [5.74, 6) is 1.61. The molecule has 168 valence electrons. The highest BCUT2D eigenvalue weighted by Gasteiger charge is 2.21. The van der Waals surface area contributed by atoms with Gasteiger partial charge in [0.05, 0.1) is 25.3 Å². The van der Waals surface area contributed by atoms with Crippen LogP contribution in [0, 0.1) is 0 Å². The summed E-state index contributed by atoms with van der Waals surface area (Å²) in [6.45, 7) is 9.46. The first kappa shape index (κ1) is 24.1. The second kappa shape index (κ2) is 12.5. The van der Waals surface area contributed by atoms with Crippen molar-refractivity contribution in [2.45, 2.75) is 91.7 Å². The molecule has 1 heterocycles. The quantitative estimate of drug-likeness (QED) is 0.337. The van der Waals surface area contributed by atoms with E-state index in [4.69, 9.17) is 14.2 Å². The zero-order valence-corrected chi connectivity index (χ0v) is 19.5. The number of ether oxygens (including phenoxy) is 3. The standard InChI is InChI=1S/C25H39NO4/c1-6-8-10-11-12-13-17-29-24-23(30-19(3)4)21-15-14-20(28-5)18-22(21)26(25(24)27)16-9-7-2/h14-15,18-19H,6-13,16-17H2,1-5H3. The van der Waals surface area contributed by atoms with Crippen LogP contribution >= 0.6 is 0 Å². The molecule has 0 N–H and O–H groups in total. The van der Waals surface area contributed by atoms with E-state index in [1.54, 1.807) is 7.11 Å². The van der Waals surface area contributed by atoms with Gasteiger partial charge in [-0.15, -0.1) is 0 Å². The predicted octanol–water partition coefficient (Wildman–Crippen LogP) is 6.34. The van der Waals surface area contributed by atoms with Crippen molar-refractivity contribution in [3.8, 4) is 17.2 Å². The van der Waals surface area contributed by atoms with Gasteiger partial charge in [-0.05, 0) is 38.8 Å². The molecule has 0 radical (unpaired) electrons. The third kappa shape index (κ3) is 6.41. The van der Waals surface area contributed by atoms with Crippen molar-refractivity contribution >= 4 is 10.9 Å². The second-order valence-electron chi connectivity index (χ2n) is 8.13. The van der Waals surface area contributed by atoms with E-state index in [0.29, 0.717) is 24.7 Å². The van der Waals surface area contributed by atoms with E-state index >= 15 is 0 Å². The zero-order chi connectivity index (χ0) is 21.9. The lowest BCUT2D eigenvalue weighted by atomic mass is 10.1. The molecule has 0 saturated heterocycles. The van der Waals surface area contributed by atoms with Crippen molar-refractivity contribution in [3.63, 3.8) is 0 Å². The minimum atomic E-state index is -0.120. The van der Waals surface area contributed by atoms with Crippen LogP contribution in [0.25, 0.3) is 10.9 Å². The van der Waals surface area contributed by atoms with E-state index in [1.807, 2.05) is 36.6 Å². The van der Waals surface area contributed by atoms with Crippen LogP contribution in [0.5, 0.6) is 17.2 Å². The SMILES string of the molecule is CCCCCCCCOc1c(OC(C)C)c2ccc(OC)cc2n(CCCC)c1=O. The average molecular weight is 418 g/mol. The Hall–Kier alpha value is -2.17. The number of hydrogen-bond donors (Lipinski definition) is 0. The third-order valence-corrected chi connectivity index (χ3v) is 5.22. The molecule has 2 rings (SSSR count). The van der Waals surface area contributed by atoms with Crippen LogP contribution < -0.4 is 19.8 Å². The molecule has 0 unspecified atom stereocenters. The number of hydrogen-bond acceptors (Lipinski definition) is 4. The van der Waals surface area contributed by atoms with Crippen LogP contribution in [0.15, 0.2) is 23.0 Å². The average Bonchev–Trinajstić information content (AvgIpc) is 2.73. The van der Waals surface area contributed by atoms with E-state index in [1.165, 1.54) is 25.7 Å². The van der Waals surface area contributed by atoms with Gasteiger partial charge in [0.15, 0.2) is 5.75 Å². The molecule has 0 aliphatic rings. The lowest BCUT2D eigenvalue weighted by molar-refractivity contribution is 0.219. The van der Waals surface area contributed by atoms with Gasteiger partial charge in [-0.1, -0.05) is 52.4 Å². The lowest BCUT2D eigenvalue weighted by Gasteiger charge is -2.20. The van der Waals surface area contributed by atoms with Crippen molar-refractivity contribution in [1.82, 2.24) is 4.57 Å². The monoisotopic (exact) mass is 417 g/mol. The molecule has 1 aromatic carbocycles. The van der Waals surface area contributed by atoms with E-state index in [0.717, 1.165) is 42.3 Å². The van der Waals surface area contributed by atoms with Crippen molar-refractivity contribution in [3.05, 3.63) is 28.6 Å². The number of pyridine rings is 1. The topological polar surface area (TPSA) is 49.7 Å². The van der Waals surface area contributed by atoms with Crippen molar-refractivity contribution in [2.24, 2.45) is 0 Å². The largest absolute Gasteiger partial charge is 0.497 e. The first-order valence-electron chi connectivity index (χ1n) is 11.6. The van der Waals surface area contributed by atoms with E-state index in [-0.39, 0.29) is 11.7 Å². The number of aromatic nitrogens is 1. The van der Waals surface area contributed by atoms with Gasteiger partial charge in [-0.3, -0.25) is 4.79 Å². The van der Waals surface area contributed by atoms with Crippen LogP contribution in [-0.2, 0) is 6.54 Å². The van der Waals surface area contributed by atoms with Gasteiger partial charge in [0.2, 0.25) is 5.75 Å². The minimum Gasteiger partial charge on any atom is -0.497 e. The summed E-state index contributed by atoms with van der Waals surface area (Å²) in [5, 5.41) is 0.887. The lowest BCUT2D eigenvalue weighted by Crippen LogP contribution is -2.25. The number of fused-ring (bicyclic) bond motifs is 1. The summed E-state index contributed by atoms with van der Waals surface area (Å²) in [6.07, 6.45) is 8.94. The number of unbranched alkanes of at least 4 members (excludes halogenated alkanes) is 6. The summed E-state index contributed by atoms with van der Waals surface area (Å²) >= 11 is 0. The van der Waals surface area contributed by atoms with Crippen molar-refractivity contribution in [2.75, 3.05) is 13.7 Å². The second-order valence-corrected chi connectivity index (χ2v) is 8.13. The molecule has 0 aliphatic heterocycles. The zero-order valence-electron chi connectivity index (χ0n) is 19.5. The van der Waals surface area contributed by atoms with E-state index in [9.17, 15) is 4.79 Å². The molecule has 5 heteroatoms. The Morgan fingerprint density at radius 1 is 0.933 bits per heavy atom. The van der Waals surface area contributed by atoms with Crippen LogP contribution in [0.4, 0.5) is 0 Å². The smallest absolute Gasteiger partial charge is 0.297 e. The Kier molecular flexibility index (Phi) is 10.0. The number of nitrogens with zero attached hydrogens (tertiary/aromatic N) is 1. The fourth-order valence-electron chi connectivity index (χ4n) is 3.58. The Morgan fingerprint density at radius 3 is 2.30 bits per heavy atom. The maximum atomic E-state index is 13.4. The molecule has 0 saturated carbocycles. The van der Waals surface area contributed by atoms with Gasteiger partial charge >= 0.3 is 0 Å². The summed E-state index contributed by atoms with van der Waals surface area (Å²) in [4.78, 5) is 13.4. The third-order valence-electron chi connectivity index (χ3n) is 5.22. The molecule has 2 aromatic rings. The number of rotatable bonds is 14. The Bertz CT molecular complexity index is 841. The van der Waals surface area contributed by atoms with Gasteiger partial charge in [-0.2, -0.15) is 0 Å².